The first-order chi connectivity index (χ1) is 8.71. The number of hydrogen-bond donors (Lipinski definition) is 3. The Bertz CT molecular complexity index is 448. The van der Waals surface area contributed by atoms with Gasteiger partial charge < -0.3 is 15.5 Å². The predicted octanol–water partition coefficient (Wildman–Crippen LogP) is 1.24. The van der Waals surface area contributed by atoms with Gasteiger partial charge in [-0.2, -0.15) is 13.2 Å². The molecule has 4 nitrogen and oxygen atoms in total. The van der Waals surface area contributed by atoms with Gasteiger partial charge in [0, 0.05) is 13.5 Å². The van der Waals surface area contributed by atoms with Crippen LogP contribution in [0.15, 0.2) is 24.3 Å². The van der Waals surface area contributed by atoms with Crippen molar-refractivity contribution in [1.82, 2.24) is 5.32 Å². The van der Waals surface area contributed by atoms with Crippen LogP contribution in [0.25, 0.3) is 0 Å². The molecule has 2 atom stereocenters. The van der Waals surface area contributed by atoms with Crippen molar-refractivity contribution < 1.29 is 28.2 Å². The molecule has 0 spiro atoms. The molecule has 1 amide bonds. The Morgan fingerprint density at radius 3 is 2.53 bits per heavy atom. The van der Waals surface area contributed by atoms with E-state index in [0.717, 1.165) is 18.2 Å². The van der Waals surface area contributed by atoms with Crippen LogP contribution in [0.3, 0.4) is 0 Å². The molecule has 1 rings (SSSR count). The number of carbonyl (C=O) groups is 1. The summed E-state index contributed by atoms with van der Waals surface area (Å²) in [5, 5.41) is 21.6. The van der Waals surface area contributed by atoms with E-state index in [4.69, 9.17) is 0 Å². The van der Waals surface area contributed by atoms with Gasteiger partial charge in [0.15, 0.2) is 0 Å². The maximum Gasteiger partial charge on any atom is 0.416 e. The van der Waals surface area contributed by atoms with Gasteiger partial charge in [-0.3, -0.25) is 4.79 Å². The molecule has 19 heavy (non-hydrogen) atoms. The van der Waals surface area contributed by atoms with Crippen molar-refractivity contribution in [3.8, 4) is 0 Å². The molecule has 0 aromatic heterocycles. The molecule has 0 saturated carbocycles. The zero-order chi connectivity index (χ0) is 14.6. The molecule has 0 aliphatic rings. The Kier molecular flexibility index (Phi) is 4.90. The van der Waals surface area contributed by atoms with E-state index in [9.17, 15) is 28.2 Å². The third-order valence-electron chi connectivity index (χ3n) is 2.48. The second-order valence-corrected chi connectivity index (χ2v) is 4.07. The van der Waals surface area contributed by atoms with E-state index in [1.165, 1.54) is 13.0 Å². The van der Waals surface area contributed by atoms with Crippen LogP contribution < -0.4 is 5.32 Å². The van der Waals surface area contributed by atoms with Crippen molar-refractivity contribution in [2.75, 3.05) is 6.54 Å². The summed E-state index contributed by atoms with van der Waals surface area (Å²) in [5.74, 6) is -0.407. The number of rotatable bonds is 4. The summed E-state index contributed by atoms with van der Waals surface area (Å²) in [6.07, 6.45) is -7.40. The quantitative estimate of drug-likeness (QED) is 0.775. The summed E-state index contributed by atoms with van der Waals surface area (Å²) in [5.41, 5.74) is -0.969. The van der Waals surface area contributed by atoms with Crippen LogP contribution in [-0.2, 0) is 11.0 Å². The third kappa shape index (κ3) is 4.53. The number of aliphatic hydroxyl groups excluding tert-OH is 2. The number of carbonyl (C=O) groups excluding carboxylic acids is 1. The van der Waals surface area contributed by atoms with E-state index in [2.05, 4.69) is 5.32 Å². The monoisotopic (exact) mass is 277 g/mol. The van der Waals surface area contributed by atoms with Crippen molar-refractivity contribution in [3.63, 3.8) is 0 Å². The molecule has 106 valence electrons. The first-order valence-electron chi connectivity index (χ1n) is 5.49. The largest absolute Gasteiger partial charge is 0.416 e. The zero-order valence-corrected chi connectivity index (χ0v) is 10.1. The minimum Gasteiger partial charge on any atom is -0.388 e. The number of halogens is 3. The maximum atomic E-state index is 12.5. The summed E-state index contributed by atoms with van der Waals surface area (Å²) in [6.45, 7) is 0.982. The summed E-state index contributed by atoms with van der Waals surface area (Å²) >= 11 is 0. The average Bonchev–Trinajstić information content (AvgIpc) is 2.34. The van der Waals surface area contributed by atoms with E-state index >= 15 is 0 Å². The van der Waals surface area contributed by atoms with E-state index < -0.39 is 29.9 Å². The van der Waals surface area contributed by atoms with Gasteiger partial charge >= 0.3 is 6.18 Å². The van der Waals surface area contributed by atoms with E-state index in [1.54, 1.807) is 0 Å². The highest BCUT2D eigenvalue weighted by Gasteiger charge is 2.31. The molecule has 0 radical (unpaired) electrons. The lowest BCUT2D eigenvalue weighted by molar-refractivity contribution is -0.137. The van der Waals surface area contributed by atoms with Crippen molar-refractivity contribution in [2.45, 2.75) is 25.3 Å². The second-order valence-electron chi connectivity index (χ2n) is 4.07. The number of benzene rings is 1. The van der Waals surface area contributed by atoms with Gasteiger partial charge in [-0.1, -0.05) is 12.1 Å². The number of hydrogen-bond acceptors (Lipinski definition) is 3. The topological polar surface area (TPSA) is 69.6 Å². The summed E-state index contributed by atoms with van der Waals surface area (Å²) < 4.78 is 37.5. The van der Waals surface area contributed by atoms with Crippen LogP contribution in [0.2, 0.25) is 0 Å². The van der Waals surface area contributed by atoms with E-state index in [0.29, 0.717) is 0 Å². The predicted molar refractivity (Wildman–Crippen MR) is 61.1 cm³/mol. The van der Waals surface area contributed by atoms with Crippen LogP contribution >= 0.6 is 0 Å². The van der Waals surface area contributed by atoms with Gasteiger partial charge in [-0.25, -0.2) is 0 Å². The van der Waals surface area contributed by atoms with Crippen molar-refractivity contribution in [2.24, 2.45) is 0 Å². The third-order valence-corrected chi connectivity index (χ3v) is 2.48. The van der Waals surface area contributed by atoms with Gasteiger partial charge in [0.05, 0.1) is 5.56 Å². The molecule has 2 unspecified atom stereocenters. The standard InChI is InChI=1S/C12H14F3NO3/c1-7(17)16-6-10(18)11(19)8-3-2-4-9(5-8)12(13,14)15/h2-5,10-11,18-19H,6H2,1H3,(H,16,17). The van der Waals surface area contributed by atoms with Gasteiger partial charge in [-0.15, -0.1) is 0 Å². The highest BCUT2D eigenvalue weighted by atomic mass is 19.4. The lowest BCUT2D eigenvalue weighted by Crippen LogP contribution is -2.34. The van der Waals surface area contributed by atoms with Crippen molar-refractivity contribution >= 4 is 5.91 Å². The maximum absolute atomic E-state index is 12.5. The highest BCUT2D eigenvalue weighted by molar-refractivity contribution is 5.72. The molecule has 7 heteroatoms. The van der Waals surface area contributed by atoms with Crippen molar-refractivity contribution in [3.05, 3.63) is 35.4 Å². The number of nitrogens with one attached hydrogen (secondary N) is 1. The molecule has 0 saturated heterocycles. The van der Waals surface area contributed by atoms with Crippen LogP contribution in [0, 0.1) is 0 Å². The number of amides is 1. The van der Waals surface area contributed by atoms with E-state index in [1.807, 2.05) is 0 Å². The molecule has 1 aromatic rings. The fourth-order valence-electron chi connectivity index (χ4n) is 1.48. The molecule has 0 heterocycles. The SMILES string of the molecule is CC(=O)NCC(O)C(O)c1cccc(C(F)(F)F)c1. The smallest absolute Gasteiger partial charge is 0.388 e. The fraction of sp³-hybridized carbons (Fsp3) is 0.417. The first-order valence-corrected chi connectivity index (χ1v) is 5.49. The minimum atomic E-state index is -4.52. The summed E-state index contributed by atoms with van der Waals surface area (Å²) in [7, 11) is 0. The Hall–Kier alpha value is -1.60. The Labute approximate surface area is 107 Å². The first kappa shape index (κ1) is 15.5. The normalized spacial score (nSPS) is 14.8. The molecule has 0 aliphatic carbocycles. The van der Waals surface area contributed by atoms with E-state index in [-0.39, 0.29) is 12.1 Å². The lowest BCUT2D eigenvalue weighted by Gasteiger charge is -2.19. The molecule has 0 bridgehead atoms. The highest BCUT2D eigenvalue weighted by Crippen LogP contribution is 2.31. The average molecular weight is 277 g/mol. The summed E-state index contributed by atoms with van der Waals surface area (Å²) in [4.78, 5) is 10.6. The number of alkyl halides is 3. The summed E-state index contributed by atoms with van der Waals surface area (Å²) in [6, 6.07) is 4.06. The molecular formula is C12H14F3NO3. The van der Waals surface area contributed by atoms with Gasteiger partial charge in [0.25, 0.3) is 0 Å². The van der Waals surface area contributed by atoms with Crippen LogP contribution in [0.4, 0.5) is 13.2 Å². The van der Waals surface area contributed by atoms with Crippen LogP contribution in [0.1, 0.15) is 24.2 Å². The van der Waals surface area contributed by atoms with Crippen LogP contribution in [0.5, 0.6) is 0 Å². The molecule has 0 aliphatic heterocycles. The zero-order valence-electron chi connectivity index (χ0n) is 10.1. The van der Waals surface area contributed by atoms with Crippen molar-refractivity contribution in [1.29, 1.82) is 0 Å². The number of aliphatic hydroxyl groups is 2. The molecule has 3 N–H and O–H groups in total. The lowest BCUT2D eigenvalue weighted by atomic mass is 10.0. The molecule has 1 aromatic carbocycles. The van der Waals surface area contributed by atoms with Gasteiger partial charge in [-0.05, 0) is 17.7 Å². The Morgan fingerprint density at radius 2 is 2.00 bits per heavy atom. The van der Waals surface area contributed by atoms with Crippen LogP contribution in [-0.4, -0.2) is 28.8 Å². The Morgan fingerprint density at radius 1 is 1.37 bits per heavy atom. The molecular weight excluding hydrogens is 263 g/mol. The molecule has 0 fully saturated rings. The second kappa shape index (κ2) is 6.03. The Balaban J connectivity index is 2.82. The fourth-order valence-corrected chi connectivity index (χ4v) is 1.48. The minimum absolute atomic E-state index is 0.0623. The van der Waals surface area contributed by atoms with Gasteiger partial charge in [0.2, 0.25) is 5.91 Å². The van der Waals surface area contributed by atoms with Gasteiger partial charge in [0.1, 0.15) is 12.2 Å².